The predicted octanol–water partition coefficient (Wildman–Crippen LogP) is 4.00. The van der Waals surface area contributed by atoms with Gasteiger partial charge < -0.3 is 10.1 Å². The average molecular weight is 418 g/mol. The van der Waals surface area contributed by atoms with E-state index in [0.29, 0.717) is 22.0 Å². The van der Waals surface area contributed by atoms with Gasteiger partial charge in [-0.05, 0) is 61.6 Å². The smallest absolute Gasteiger partial charge is 0.262 e. The van der Waals surface area contributed by atoms with Crippen molar-refractivity contribution in [3.63, 3.8) is 0 Å². The van der Waals surface area contributed by atoms with Crippen LogP contribution >= 0.6 is 23.8 Å². The number of benzene rings is 2. The first-order valence-corrected chi connectivity index (χ1v) is 9.32. The van der Waals surface area contributed by atoms with Crippen LogP contribution in [0.4, 0.5) is 0 Å². The number of hydrogen-bond donors (Lipinski definition) is 2. The lowest BCUT2D eigenvalue weighted by Crippen LogP contribution is -2.34. The number of hydroxylamine groups is 2. The molecule has 1 heterocycles. The van der Waals surface area contributed by atoms with E-state index in [1.165, 1.54) is 0 Å². The van der Waals surface area contributed by atoms with Crippen molar-refractivity contribution in [2.75, 3.05) is 14.2 Å². The molecular formula is C20H20ClN3O3S. The average Bonchev–Trinajstić information content (AvgIpc) is 2.98. The number of nitrogens with one attached hydrogen (secondary N) is 1. The largest absolute Gasteiger partial charge is 0.497 e. The molecule has 0 radical (unpaired) electrons. The first-order chi connectivity index (χ1) is 13.4. The number of fused-ring (bicyclic) bond motifs is 1. The minimum atomic E-state index is -0.184. The van der Waals surface area contributed by atoms with Gasteiger partial charge in [0.05, 0.1) is 19.2 Å². The van der Waals surface area contributed by atoms with Crippen LogP contribution in [0.5, 0.6) is 5.75 Å². The highest BCUT2D eigenvalue weighted by atomic mass is 35.5. The molecule has 28 heavy (non-hydrogen) atoms. The molecule has 2 N–H and O–H groups in total. The Bertz CT molecular complexity index is 1050. The monoisotopic (exact) mass is 417 g/mol. The first kappa shape index (κ1) is 20.1. The van der Waals surface area contributed by atoms with E-state index in [4.69, 9.17) is 28.6 Å². The van der Waals surface area contributed by atoms with Gasteiger partial charge in [0, 0.05) is 34.3 Å². The number of carbonyl (C=O) groups excluding carboxylic acids is 1. The zero-order valence-corrected chi connectivity index (χ0v) is 17.3. The van der Waals surface area contributed by atoms with E-state index in [9.17, 15) is 10.0 Å². The number of nitrogens with zero attached hydrogens (tertiary/aromatic N) is 2. The van der Waals surface area contributed by atoms with Crippen molar-refractivity contribution < 1.29 is 14.7 Å². The summed E-state index contributed by atoms with van der Waals surface area (Å²) < 4.78 is 6.96. The maximum absolute atomic E-state index is 13.2. The number of hydrogen-bond acceptors (Lipinski definition) is 4. The van der Waals surface area contributed by atoms with Gasteiger partial charge >= 0.3 is 0 Å². The van der Waals surface area contributed by atoms with Gasteiger partial charge in [-0.3, -0.25) is 14.6 Å². The number of rotatable bonds is 4. The van der Waals surface area contributed by atoms with Crippen molar-refractivity contribution in [1.82, 2.24) is 14.9 Å². The van der Waals surface area contributed by atoms with Crippen molar-refractivity contribution in [3.8, 4) is 5.75 Å². The molecule has 0 saturated heterocycles. The molecule has 0 aliphatic heterocycles. The van der Waals surface area contributed by atoms with E-state index in [1.807, 2.05) is 19.1 Å². The lowest BCUT2D eigenvalue weighted by atomic mass is 10.1. The molecule has 1 aromatic heterocycles. The summed E-state index contributed by atoms with van der Waals surface area (Å²) in [6.45, 7) is 1.96. The predicted molar refractivity (Wildman–Crippen MR) is 113 cm³/mol. The minimum absolute atomic E-state index is 0.121. The van der Waals surface area contributed by atoms with Gasteiger partial charge in [-0.2, -0.15) is 0 Å². The molecule has 0 spiro atoms. The molecule has 0 fully saturated rings. The fraction of sp³-hybridized carbons (Fsp3) is 0.200. The van der Waals surface area contributed by atoms with E-state index in [2.05, 4.69) is 5.32 Å². The maximum atomic E-state index is 13.2. The van der Waals surface area contributed by atoms with Crippen molar-refractivity contribution >= 4 is 45.7 Å². The number of aromatic nitrogens is 1. The van der Waals surface area contributed by atoms with E-state index in [1.54, 1.807) is 49.1 Å². The van der Waals surface area contributed by atoms with Crippen LogP contribution in [-0.2, 0) is 6.54 Å². The molecule has 0 unspecified atom stereocenters. The molecule has 2 aromatic carbocycles. The van der Waals surface area contributed by atoms with Gasteiger partial charge in [0.15, 0.2) is 5.11 Å². The second-order valence-corrected chi connectivity index (χ2v) is 7.03. The molecule has 0 atom stereocenters. The Hall–Kier alpha value is -2.61. The molecule has 8 heteroatoms. The third-order valence-electron chi connectivity index (χ3n) is 4.59. The number of thiocarbonyl (C=S) groups is 1. The second-order valence-electron chi connectivity index (χ2n) is 6.21. The summed E-state index contributed by atoms with van der Waals surface area (Å²) in [5.41, 5.74) is 2.72. The van der Waals surface area contributed by atoms with Gasteiger partial charge in [0.2, 0.25) is 0 Å². The third-order valence-corrected chi connectivity index (χ3v) is 5.26. The zero-order chi connectivity index (χ0) is 20.4. The molecule has 0 amide bonds. The SMILES string of the molecule is CNC(=S)N(O)Cc1c(C)n(C(=O)c2ccc(Cl)cc2)c2ccc(OC)cc12. The normalized spacial score (nSPS) is 10.8. The Balaban J connectivity index is 2.17. The van der Waals surface area contributed by atoms with Gasteiger partial charge in [0.1, 0.15) is 5.75 Å². The summed E-state index contributed by atoms with van der Waals surface area (Å²) in [7, 11) is 3.22. The van der Waals surface area contributed by atoms with E-state index in [0.717, 1.165) is 21.5 Å². The highest BCUT2D eigenvalue weighted by Gasteiger charge is 2.22. The van der Waals surface area contributed by atoms with Crippen LogP contribution in [0.25, 0.3) is 10.9 Å². The van der Waals surface area contributed by atoms with Gasteiger partial charge in [0.25, 0.3) is 5.91 Å². The van der Waals surface area contributed by atoms with Crippen molar-refractivity contribution in [3.05, 3.63) is 64.3 Å². The Morgan fingerprint density at radius 3 is 2.57 bits per heavy atom. The standard InChI is InChI=1S/C20H20ClN3O3S/c1-12-17(11-23(26)20(28)22-2)16-10-15(27-3)8-9-18(16)24(12)19(25)13-4-6-14(21)7-5-13/h4-10,26H,11H2,1-3H3,(H,22,28). The van der Waals surface area contributed by atoms with Crippen LogP contribution in [0.2, 0.25) is 5.02 Å². The number of carbonyl (C=O) groups is 1. The summed E-state index contributed by atoms with van der Waals surface area (Å²) in [5, 5.41) is 15.5. The molecule has 0 aliphatic carbocycles. The van der Waals surface area contributed by atoms with Crippen LogP contribution in [0.15, 0.2) is 42.5 Å². The molecule has 3 aromatic rings. The third kappa shape index (κ3) is 3.69. The number of methoxy groups -OCH3 is 1. The lowest BCUT2D eigenvalue weighted by Gasteiger charge is -2.17. The molecular weight excluding hydrogens is 398 g/mol. The number of halogens is 1. The summed E-state index contributed by atoms with van der Waals surface area (Å²) in [5.74, 6) is 0.474. The molecule has 6 nitrogen and oxygen atoms in total. The van der Waals surface area contributed by atoms with Crippen LogP contribution in [-0.4, -0.2) is 40.0 Å². The van der Waals surface area contributed by atoms with Gasteiger partial charge in [-0.1, -0.05) is 11.6 Å². The van der Waals surface area contributed by atoms with Crippen LogP contribution < -0.4 is 10.1 Å². The van der Waals surface area contributed by atoms with Gasteiger partial charge in [-0.25, -0.2) is 5.06 Å². The van der Waals surface area contributed by atoms with Crippen molar-refractivity contribution in [2.45, 2.75) is 13.5 Å². The molecule has 0 aliphatic rings. The Kier molecular flexibility index (Phi) is 5.88. The van der Waals surface area contributed by atoms with Crippen molar-refractivity contribution in [1.29, 1.82) is 0 Å². The van der Waals surface area contributed by atoms with E-state index >= 15 is 0 Å². The summed E-state index contributed by atoms with van der Waals surface area (Å²) in [6, 6.07) is 12.2. The highest BCUT2D eigenvalue weighted by Crippen LogP contribution is 2.31. The first-order valence-electron chi connectivity index (χ1n) is 8.53. The zero-order valence-electron chi connectivity index (χ0n) is 15.7. The lowest BCUT2D eigenvalue weighted by molar-refractivity contribution is -0.0229. The molecule has 0 bridgehead atoms. The summed E-state index contributed by atoms with van der Waals surface area (Å²) in [4.78, 5) is 13.2. The quantitative estimate of drug-likeness (QED) is 0.494. The van der Waals surface area contributed by atoms with Crippen LogP contribution in [0, 0.1) is 6.92 Å². The Morgan fingerprint density at radius 2 is 1.96 bits per heavy atom. The molecule has 0 saturated carbocycles. The fourth-order valence-corrected chi connectivity index (χ4v) is 3.31. The maximum Gasteiger partial charge on any atom is 0.262 e. The highest BCUT2D eigenvalue weighted by molar-refractivity contribution is 7.80. The van der Waals surface area contributed by atoms with Gasteiger partial charge in [-0.15, -0.1) is 0 Å². The topological polar surface area (TPSA) is 66.7 Å². The summed E-state index contributed by atoms with van der Waals surface area (Å²) >= 11 is 11.0. The van der Waals surface area contributed by atoms with Crippen LogP contribution in [0.1, 0.15) is 21.6 Å². The van der Waals surface area contributed by atoms with E-state index in [-0.39, 0.29) is 17.6 Å². The fourth-order valence-electron chi connectivity index (χ4n) is 3.12. The molecule has 3 rings (SSSR count). The Morgan fingerprint density at radius 1 is 1.29 bits per heavy atom. The minimum Gasteiger partial charge on any atom is -0.497 e. The Labute approximate surface area is 173 Å². The second kappa shape index (κ2) is 8.18. The summed E-state index contributed by atoms with van der Waals surface area (Å²) in [6.07, 6.45) is 0. The number of ether oxygens (including phenoxy) is 1. The molecule has 146 valence electrons. The van der Waals surface area contributed by atoms with Crippen LogP contribution in [0.3, 0.4) is 0 Å². The van der Waals surface area contributed by atoms with Crippen molar-refractivity contribution in [2.24, 2.45) is 0 Å². The van der Waals surface area contributed by atoms with E-state index < -0.39 is 0 Å².